The molecule has 1 saturated heterocycles. The molecule has 0 bridgehead atoms. The van der Waals surface area contributed by atoms with Crippen LogP contribution in [0.4, 0.5) is 0 Å². The van der Waals surface area contributed by atoms with Gasteiger partial charge in [0, 0.05) is 19.0 Å². The molecule has 20 heavy (non-hydrogen) atoms. The summed E-state index contributed by atoms with van der Waals surface area (Å²) in [5, 5.41) is 0. The van der Waals surface area contributed by atoms with Crippen molar-refractivity contribution in [2.75, 3.05) is 6.54 Å². The summed E-state index contributed by atoms with van der Waals surface area (Å²) in [5.41, 5.74) is 2.54. The molecule has 1 aliphatic rings. The number of ketones is 1. The fourth-order valence-electron chi connectivity index (χ4n) is 3.09. The van der Waals surface area contributed by atoms with E-state index in [0.29, 0.717) is 5.92 Å². The molecule has 0 saturated carbocycles. The van der Waals surface area contributed by atoms with Crippen molar-refractivity contribution < 1.29 is 4.79 Å². The molecule has 1 aliphatic heterocycles. The topological polar surface area (TPSA) is 20.3 Å². The summed E-state index contributed by atoms with van der Waals surface area (Å²) >= 11 is 0. The van der Waals surface area contributed by atoms with E-state index in [1.165, 1.54) is 11.1 Å². The van der Waals surface area contributed by atoms with Crippen LogP contribution in [0.5, 0.6) is 0 Å². The van der Waals surface area contributed by atoms with Gasteiger partial charge in [-0.15, -0.1) is 0 Å². The molecule has 2 aromatic rings. The SMILES string of the molecule is CC(=O)[C@H]1[C@H](c2ccccc2)CN1Cc1ccccc1. The third-order valence-corrected chi connectivity index (χ3v) is 4.08. The van der Waals surface area contributed by atoms with Crippen molar-refractivity contribution in [3.8, 4) is 0 Å². The molecule has 0 aromatic heterocycles. The van der Waals surface area contributed by atoms with Crippen LogP contribution >= 0.6 is 0 Å². The molecule has 0 spiro atoms. The van der Waals surface area contributed by atoms with Gasteiger partial charge in [-0.05, 0) is 18.1 Å². The van der Waals surface area contributed by atoms with E-state index < -0.39 is 0 Å². The van der Waals surface area contributed by atoms with E-state index in [0.717, 1.165) is 13.1 Å². The predicted molar refractivity (Wildman–Crippen MR) is 80.5 cm³/mol. The molecule has 2 heteroatoms. The summed E-state index contributed by atoms with van der Waals surface area (Å²) in [5.74, 6) is 0.610. The number of hydrogen-bond donors (Lipinski definition) is 0. The minimum Gasteiger partial charge on any atom is -0.298 e. The second-order valence-corrected chi connectivity index (χ2v) is 5.49. The lowest BCUT2D eigenvalue weighted by Gasteiger charge is -2.47. The number of carbonyl (C=O) groups excluding carboxylic acids is 1. The van der Waals surface area contributed by atoms with Gasteiger partial charge in [0.15, 0.2) is 0 Å². The normalized spacial score (nSPS) is 22.2. The Morgan fingerprint density at radius 1 is 1.05 bits per heavy atom. The van der Waals surface area contributed by atoms with Crippen LogP contribution in [0.1, 0.15) is 24.0 Å². The highest BCUT2D eigenvalue weighted by Crippen LogP contribution is 2.35. The van der Waals surface area contributed by atoms with Gasteiger partial charge >= 0.3 is 0 Å². The first-order valence-electron chi connectivity index (χ1n) is 7.09. The summed E-state index contributed by atoms with van der Waals surface area (Å²) in [6, 6.07) is 20.7. The Labute approximate surface area is 120 Å². The molecule has 1 heterocycles. The molecule has 3 rings (SSSR count). The molecular formula is C18H19NO. The maximum atomic E-state index is 12.0. The van der Waals surface area contributed by atoms with E-state index in [1.807, 2.05) is 36.4 Å². The summed E-state index contributed by atoms with van der Waals surface area (Å²) < 4.78 is 0. The van der Waals surface area contributed by atoms with Gasteiger partial charge < -0.3 is 0 Å². The summed E-state index contributed by atoms with van der Waals surface area (Å²) in [7, 11) is 0. The van der Waals surface area contributed by atoms with Crippen molar-refractivity contribution in [2.24, 2.45) is 0 Å². The molecular weight excluding hydrogens is 246 g/mol. The number of rotatable bonds is 4. The van der Waals surface area contributed by atoms with E-state index in [9.17, 15) is 4.79 Å². The lowest BCUT2D eigenvalue weighted by atomic mass is 9.80. The van der Waals surface area contributed by atoms with Gasteiger partial charge in [0.05, 0.1) is 6.04 Å². The molecule has 0 aliphatic carbocycles. The number of nitrogens with zero attached hydrogens (tertiary/aromatic N) is 1. The first kappa shape index (κ1) is 13.1. The fourth-order valence-corrected chi connectivity index (χ4v) is 3.09. The fraction of sp³-hybridized carbons (Fsp3) is 0.278. The lowest BCUT2D eigenvalue weighted by Crippen LogP contribution is -2.57. The zero-order valence-electron chi connectivity index (χ0n) is 11.7. The maximum Gasteiger partial charge on any atom is 0.147 e. The van der Waals surface area contributed by atoms with Gasteiger partial charge in [0.1, 0.15) is 5.78 Å². The molecule has 2 nitrogen and oxygen atoms in total. The van der Waals surface area contributed by atoms with Crippen molar-refractivity contribution in [3.63, 3.8) is 0 Å². The highest BCUT2D eigenvalue weighted by Gasteiger charge is 2.42. The van der Waals surface area contributed by atoms with Crippen LogP contribution in [-0.2, 0) is 11.3 Å². The third-order valence-electron chi connectivity index (χ3n) is 4.08. The van der Waals surface area contributed by atoms with Gasteiger partial charge in [-0.3, -0.25) is 9.69 Å². The van der Waals surface area contributed by atoms with Crippen molar-refractivity contribution in [2.45, 2.75) is 25.4 Å². The Hall–Kier alpha value is -1.93. The Bertz CT molecular complexity index is 579. The van der Waals surface area contributed by atoms with E-state index in [4.69, 9.17) is 0 Å². The van der Waals surface area contributed by atoms with Crippen LogP contribution in [0.25, 0.3) is 0 Å². The molecule has 102 valence electrons. The second kappa shape index (κ2) is 5.59. The Morgan fingerprint density at radius 3 is 2.25 bits per heavy atom. The molecule has 1 fully saturated rings. The van der Waals surface area contributed by atoms with Crippen molar-refractivity contribution in [1.82, 2.24) is 4.90 Å². The van der Waals surface area contributed by atoms with Crippen LogP contribution in [-0.4, -0.2) is 23.3 Å². The highest BCUT2D eigenvalue weighted by molar-refractivity contribution is 5.84. The molecule has 0 unspecified atom stereocenters. The second-order valence-electron chi connectivity index (χ2n) is 5.49. The summed E-state index contributed by atoms with van der Waals surface area (Å²) in [6.07, 6.45) is 0. The average Bonchev–Trinajstić information content (AvgIpc) is 2.44. The summed E-state index contributed by atoms with van der Waals surface area (Å²) in [4.78, 5) is 14.2. The van der Waals surface area contributed by atoms with Gasteiger partial charge in [0.25, 0.3) is 0 Å². The van der Waals surface area contributed by atoms with Crippen molar-refractivity contribution >= 4 is 5.78 Å². The van der Waals surface area contributed by atoms with Crippen LogP contribution in [0, 0.1) is 0 Å². The van der Waals surface area contributed by atoms with Crippen LogP contribution < -0.4 is 0 Å². The first-order chi connectivity index (χ1) is 9.75. The zero-order chi connectivity index (χ0) is 13.9. The lowest BCUT2D eigenvalue weighted by molar-refractivity contribution is -0.128. The molecule has 0 amide bonds. The predicted octanol–water partition coefficient (Wildman–Crippen LogP) is 3.24. The maximum absolute atomic E-state index is 12.0. The number of likely N-dealkylation sites (tertiary alicyclic amines) is 1. The van der Waals surface area contributed by atoms with Gasteiger partial charge in [0.2, 0.25) is 0 Å². The van der Waals surface area contributed by atoms with Crippen molar-refractivity contribution in [3.05, 3.63) is 71.8 Å². The average molecular weight is 265 g/mol. The van der Waals surface area contributed by atoms with Crippen LogP contribution in [0.3, 0.4) is 0 Å². The zero-order valence-corrected chi connectivity index (χ0v) is 11.7. The minimum absolute atomic E-state index is 0.0256. The monoisotopic (exact) mass is 265 g/mol. The number of Topliss-reactive ketones (excluding diaryl/α,β-unsaturated/α-hetero) is 1. The molecule has 2 atom stereocenters. The standard InChI is InChI=1S/C18H19NO/c1-14(20)18-17(16-10-6-3-7-11-16)13-19(18)12-15-8-4-2-5-9-15/h2-11,17-18H,12-13H2,1H3/t17-,18-/m0/s1. The molecule has 2 aromatic carbocycles. The Morgan fingerprint density at radius 2 is 1.65 bits per heavy atom. The highest BCUT2D eigenvalue weighted by atomic mass is 16.1. The largest absolute Gasteiger partial charge is 0.298 e. The van der Waals surface area contributed by atoms with Gasteiger partial charge in [-0.2, -0.15) is 0 Å². The molecule has 0 radical (unpaired) electrons. The van der Waals surface area contributed by atoms with Crippen LogP contribution in [0.2, 0.25) is 0 Å². The van der Waals surface area contributed by atoms with Crippen molar-refractivity contribution in [1.29, 1.82) is 0 Å². The van der Waals surface area contributed by atoms with E-state index >= 15 is 0 Å². The smallest absolute Gasteiger partial charge is 0.147 e. The number of benzene rings is 2. The first-order valence-corrected chi connectivity index (χ1v) is 7.09. The number of carbonyl (C=O) groups is 1. The van der Waals surface area contributed by atoms with E-state index in [-0.39, 0.29) is 11.8 Å². The van der Waals surface area contributed by atoms with E-state index in [1.54, 1.807) is 6.92 Å². The van der Waals surface area contributed by atoms with E-state index in [2.05, 4.69) is 29.2 Å². The Balaban J connectivity index is 1.74. The third kappa shape index (κ3) is 2.52. The quantitative estimate of drug-likeness (QED) is 0.846. The van der Waals surface area contributed by atoms with Gasteiger partial charge in [-0.1, -0.05) is 60.7 Å². The number of hydrogen-bond acceptors (Lipinski definition) is 2. The summed E-state index contributed by atoms with van der Waals surface area (Å²) in [6.45, 7) is 3.52. The van der Waals surface area contributed by atoms with Gasteiger partial charge in [-0.25, -0.2) is 0 Å². The molecule has 0 N–H and O–H groups in total. The Kier molecular flexibility index (Phi) is 3.66. The van der Waals surface area contributed by atoms with Crippen LogP contribution in [0.15, 0.2) is 60.7 Å². The minimum atomic E-state index is 0.0256.